The Morgan fingerprint density at radius 1 is 1.12 bits per heavy atom. The topological polar surface area (TPSA) is 15.7 Å². The molecule has 0 aromatic heterocycles. The van der Waals surface area contributed by atoms with E-state index >= 15 is 0 Å². The Bertz CT molecular complexity index is 264. The molecule has 0 aromatic carbocycles. The Morgan fingerprint density at radius 3 is 2.18 bits per heavy atom. The van der Waals surface area contributed by atoms with E-state index < -0.39 is 0 Å². The summed E-state index contributed by atoms with van der Waals surface area (Å²) in [5.74, 6) is 0. The third kappa shape index (κ3) is 2.83. The molecule has 3 heteroatoms. The van der Waals surface area contributed by atoms with Gasteiger partial charge in [-0.3, -0.25) is 9.80 Å². The molecule has 2 aliphatic rings. The Balaban J connectivity index is 2.04. The van der Waals surface area contributed by atoms with Crippen LogP contribution >= 0.6 is 0 Å². The second-order valence-corrected chi connectivity index (χ2v) is 7.10. The summed E-state index contributed by atoms with van der Waals surface area (Å²) in [6.45, 7) is 17.0. The summed E-state index contributed by atoms with van der Waals surface area (Å²) >= 11 is 0. The van der Waals surface area contributed by atoms with Crippen molar-refractivity contribution >= 4 is 0 Å². The highest BCUT2D eigenvalue weighted by atomic mass is 16.5. The summed E-state index contributed by atoms with van der Waals surface area (Å²) in [7, 11) is 0. The SMILES string of the molecule is CC(C)(C)N1C[C@H](N2CCOCC2)CC1(C)C. The van der Waals surface area contributed by atoms with E-state index in [2.05, 4.69) is 44.4 Å². The van der Waals surface area contributed by atoms with Gasteiger partial charge in [-0.25, -0.2) is 0 Å². The van der Waals surface area contributed by atoms with Gasteiger partial charge >= 0.3 is 0 Å². The molecule has 0 spiro atoms. The molecule has 1 atom stereocenters. The smallest absolute Gasteiger partial charge is 0.0594 e. The molecule has 17 heavy (non-hydrogen) atoms. The second-order valence-electron chi connectivity index (χ2n) is 7.10. The molecule has 0 radical (unpaired) electrons. The average Bonchev–Trinajstić information content (AvgIpc) is 2.55. The van der Waals surface area contributed by atoms with Crippen molar-refractivity contribution in [2.24, 2.45) is 0 Å². The van der Waals surface area contributed by atoms with Crippen LogP contribution in [-0.4, -0.2) is 59.8 Å². The van der Waals surface area contributed by atoms with E-state index in [9.17, 15) is 0 Å². The first-order valence-corrected chi connectivity index (χ1v) is 6.90. The van der Waals surface area contributed by atoms with Crippen LogP contribution in [0.1, 0.15) is 41.0 Å². The van der Waals surface area contributed by atoms with Gasteiger partial charge in [0.1, 0.15) is 0 Å². The molecule has 2 heterocycles. The third-order valence-electron chi connectivity index (χ3n) is 4.23. The van der Waals surface area contributed by atoms with Crippen molar-refractivity contribution in [1.29, 1.82) is 0 Å². The fraction of sp³-hybridized carbons (Fsp3) is 1.00. The van der Waals surface area contributed by atoms with Gasteiger partial charge in [0.05, 0.1) is 13.2 Å². The normalized spacial score (nSPS) is 31.9. The van der Waals surface area contributed by atoms with Crippen LogP contribution in [0, 0.1) is 0 Å². The molecule has 2 saturated heterocycles. The molecule has 0 aromatic rings. The summed E-state index contributed by atoms with van der Waals surface area (Å²) in [5, 5.41) is 0. The van der Waals surface area contributed by atoms with Gasteiger partial charge in [0.2, 0.25) is 0 Å². The van der Waals surface area contributed by atoms with E-state index in [1.165, 1.54) is 13.0 Å². The average molecular weight is 240 g/mol. The monoisotopic (exact) mass is 240 g/mol. The van der Waals surface area contributed by atoms with Gasteiger partial charge < -0.3 is 4.74 Å². The number of hydrogen-bond acceptors (Lipinski definition) is 3. The van der Waals surface area contributed by atoms with Crippen molar-refractivity contribution < 1.29 is 4.74 Å². The molecule has 2 aliphatic heterocycles. The second kappa shape index (κ2) is 4.52. The quantitative estimate of drug-likeness (QED) is 0.697. The first-order chi connectivity index (χ1) is 7.81. The molecule has 0 unspecified atom stereocenters. The van der Waals surface area contributed by atoms with Crippen LogP contribution in [-0.2, 0) is 4.74 Å². The first kappa shape index (κ1) is 13.3. The Hall–Kier alpha value is -0.120. The highest BCUT2D eigenvalue weighted by Crippen LogP contribution is 2.36. The maximum atomic E-state index is 5.45. The summed E-state index contributed by atoms with van der Waals surface area (Å²) < 4.78 is 5.45. The van der Waals surface area contributed by atoms with E-state index in [-0.39, 0.29) is 5.54 Å². The number of rotatable bonds is 1. The minimum atomic E-state index is 0.268. The van der Waals surface area contributed by atoms with Crippen molar-refractivity contribution in [3.05, 3.63) is 0 Å². The van der Waals surface area contributed by atoms with Crippen molar-refractivity contribution in [3.63, 3.8) is 0 Å². The van der Waals surface area contributed by atoms with E-state index in [1.807, 2.05) is 0 Å². The molecule has 0 amide bonds. The van der Waals surface area contributed by atoms with Gasteiger partial charge in [-0.1, -0.05) is 0 Å². The van der Waals surface area contributed by atoms with E-state index in [4.69, 9.17) is 4.74 Å². The number of likely N-dealkylation sites (tertiary alicyclic amines) is 1. The highest BCUT2D eigenvalue weighted by molar-refractivity contribution is 5.01. The lowest BCUT2D eigenvalue weighted by Crippen LogP contribution is -2.50. The van der Waals surface area contributed by atoms with Crippen molar-refractivity contribution in [3.8, 4) is 0 Å². The number of hydrogen-bond donors (Lipinski definition) is 0. The molecule has 0 bridgehead atoms. The van der Waals surface area contributed by atoms with Crippen LogP contribution < -0.4 is 0 Å². The van der Waals surface area contributed by atoms with E-state index in [0.717, 1.165) is 26.3 Å². The fourth-order valence-corrected chi connectivity index (χ4v) is 3.58. The standard InChI is InChI=1S/C14H28N2O/c1-13(2,3)16-11-12(10-14(16,4)5)15-6-8-17-9-7-15/h12H,6-11H2,1-5H3/t12-/m1/s1. The molecule has 2 rings (SSSR count). The van der Waals surface area contributed by atoms with Crippen LogP contribution in [0.2, 0.25) is 0 Å². The molecule has 0 saturated carbocycles. The van der Waals surface area contributed by atoms with Crippen molar-refractivity contribution in [2.45, 2.75) is 58.2 Å². The van der Waals surface area contributed by atoms with E-state index in [0.29, 0.717) is 11.6 Å². The van der Waals surface area contributed by atoms with Gasteiger partial charge in [-0.2, -0.15) is 0 Å². The number of ether oxygens (including phenoxy) is 1. The van der Waals surface area contributed by atoms with Gasteiger partial charge in [0.15, 0.2) is 0 Å². The Labute approximate surface area is 106 Å². The van der Waals surface area contributed by atoms with Gasteiger partial charge in [-0.05, 0) is 41.0 Å². The molecular weight excluding hydrogens is 212 g/mol. The predicted octanol–water partition coefficient (Wildman–Crippen LogP) is 1.97. The van der Waals surface area contributed by atoms with Crippen LogP contribution in [0.3, 0.4) is 0 Å². The van der Waals surface area contributed by atoms with Crippen LogP contribution in [0.5, 0.6) is 0 Å². The zero-order valence-electron chi connectivity index (χ0n) is 12.1. The molecule has 3 nitrogen and oxygen atoms in total. The third-order valence-corrected chi connectivity index (χ3v) is 4.23. The Morgan fingerprint density at radius 2 is 1.71 bits per heavy atom. The lowest BCUT2D eigenvalue weighted by Gasteiger charge is -2.42. The first-order valence-electron chi connectivity index (χ1n) is 6.90. The molecule has 0 N–H and O–H groups in total. The minimum absolute atomic E-state index is 0.268. The van der Waals surface area contributed by atoms with Gasteiger partial charge in [0, 0.05) is 36.8 Å². The van der Waals surface area contributed by atoms with Crippen LogP contribution in [0.15, 0.2) is 0 Å². The largest absolute Gasteiger partial charge is 0.379 e. The zero-order chi connectivity index (χ0) is 12.7. The molecule has 100 valence electrons. The van der Waals surface area contributed by atoms with E-state index in [1.54, 1.807) is 0 Å². The summed E-state index contributed by atoms with van der Waals surface area (Å²) in [6, 6.07) is 0.716. The number of nitrogens with zero attached hydrogens (tertiary/aromatic N) is 2. The van der Waals surface area contributed by atoms with Crippen molar-refractivity contribution in [1.82, 2.24) is 9.80 Å². The highest BCUT2D eigenvalue weighted by Gasteiger charge is 2.45. The predicted molar refractivity (Wildman–Crippen MR) is 71.3 cm³/mol. The lowest BCUT2D eigenvalue weighted by atomic mass is 9.95. The molecular formula is C14H28N2O. The summed E-state index contributed by atoms with van der Waals surface area (Å²) in [5.41, 5.74) is 0.589. The fourth-order valence-electron chi connectivity index (χ4n) is 3.58. The van der Waals surface area contributed by atoms with Gasteiger partial charge in [0.25, 0.3) is 0 Å². The maximum absolute atomic E-state index is 5.45. The zero-order valence-corrected chi connectivity index (χ0v) is 12.1. The maximum Gasteiger partial charge on any atom is 0.0594 e. The van der Waals surface area contributed by atoms with Crippen LogP contribution in [0.25, 0.3) is 0 Å². The number of morpholine rings is 1. The minimum Gasteiger partial charge on any atom is -0.379 e. The summed E-state index contributed by atoms with van der Waals surface area (Å²) in [4.78, 5) is 5.29. The summed E-state index contributed by atoms with van der Waals surface area (Å²) in [6.07, 6.45) is 1.28. The van der Waals surface area contributed by atoms with Crippen molar-refractivity contribution in [2.75, 3.05) is 32.8 Å². The van der Waals surface area contributed by atoms with Gasteiger partial charge in [-0.15, -0.1) is 0 Å². The molecule has 2 fully saturated rings. The Kier molecular flexibility index (Phi) is 3.54. The molecule has 0 aliphatic carbocycles. The lowest BCUT2D eigenvalue weighted by molar-refractivity contribution is 0.0158. The van der Waals surface area contributed by atoms with Crippen LogP contribution in [0.4, 0.5) is 0 Å².